The Morgan fingerprint density at radius 1 is 0.944 bits per heavy atom. The third-order valence-corrected chi connectivity index (χ3v) is 7.18. The summed E-state index contributed by atoms with van der Waals surface area (Å²) in [4.78, 5) is 54.9. The Hall–Kier alpha value is -3.48. The van der Waals surface area contributed by atoms with Gasteiger partial charge in [-0.2, -0.15) is 0 Å². The molecule has 1 heterocycles. The molecule has 1 atom stereocenters. The molecule has 1 fully saturated rings. The van der Waals surface area contributed by atoms with E-state index in [1.807, 2.05) is 37.3 Å². The van der Waals surface area contributed by atoms with Gasteiger partial charge >= 0.3 is 0 Å². The van der Waals surface area contributed by atoms with Gasteiger partial charge in [-0.05, 0) is 43.4 Å². The molecule has 4 amide bonds. The molecule has 1 N–H and O–H groups in total. The number of carbonyl (C=O) groups excluding carboxylic acids is 4. The van der Waals surface area contributed by atoms with E-state index in [9.17, 15) is 19.2 Å². The lowest BCUT2D eigenvalue weighted by atomic mass is 9.95. The molecule has 1 aliphatic carbocycles. The van der Waals surface area contributed by atoms with Crippen molar-refractivity contribution >= 4 is 23.6 Å². The number of nitrogens with one attached hydrogen (secondary N) is 1. The van der Waals surface area contributed by atoms with Crippen LogP contribution in [0.15, 0.2) is 54.6 Å². The lowest BCUT2D eigenvalue weighted by molar-refractivity contribution is -0.142. The highest BCUT2D eigenvalue weighted by atomic mass is 16.2. The third kappa shape index (κ3) is 5.83. The quantitative estimate of drug-likeness (QED) is 0.504. The molecule has 0 unspecified atom stereocenters. The molecule has 2 aromatic rings. The van der Waals surface area contributed by atoms with Crippen molar-refractivity contribution in [2.24, 2.45) is 0 Å². The maximum Gasteiger partial charge on any atom is 0.261 e. The Morgan fingerprint density at radius 3 is 2.17 bits per heavy atom. The maximum absolute atomic E-state index is 13.5. The maximum atomic E-state index is 13.5. The van der Waals surface area contributed by atoms with E-state index in [-0.39, 0.29) is 42.6 Å². The summed E-state index contributed by atoms with van der Waals surface area (Å²) >= 11 is 0. The predicted molar refractivity (Wildman–Crippen MR) is 137 cm³/mol. The number of rotatable bonds is 10. The first-order valence-corrected chi connectivity index (χ1v) is 13.1. The van der Waals surface area contributed by atoms with Crippen molar-refractivity contribution in [3.63, 3.8) is 0 Å². The highest BCUT2D eigenvalue weighted by molar-refractivity contribution is 6.21. The highest BCUT2D eigenvalue weighted by Crippen LogP contribution is 2.23. The zero-order valence-corrected chi connectivity index (χ0v) is 20.9. The minimum absolute atomic E-state index is 0.103. The summed E-state index contributed by atoms with van der Waals surface area (Å²) in [6, 6.07) is 16.0. The summed E-state index contributed by atoms with van der Waals surface area (Å²) < 4.78 is 0. The van der Waals surface area contributed by atoms with Gasteiger partial charge in [0, 0.05) is 25.6 Å². The summed E-state index contributed by atoms with van der Waals surface area (Å²) in [6.07, 6.45) is 6.40. The van der Waals surface area contributed by atoms with Crippen LogP contribution in [0.1, 0.15) is 84.6 Å². The van der Waals surface area contributed by atoms with Gasteiger partial charge in [-0.3, -0.25) is 24.1 Å². The van der Waals surface area contributed by atoms with Crippen LogP contribution in [0.3, 0.4) is 0 Å². The molecule has 0 radical (unpaired) electrons. The molecular weight excluding hydrogens is 454 g/mol. The van der Waals surface area contributed by atoms with Crippen LogP contribution in [0.4, 0.5) is 0 Å². The summed E-state index contributed by atoms with van der Waals surface area (Å²) in [7, 11) is 0. The van der Waals surface area contributed by atoms with Crippen molar-refractivity contribution < 1.29 is 19.2 Å². The molecule has 0 aromatic heterocycles. The fourth-order valence-corrected chi connectivity index (χ4v) is 5.22. The number of amides is 4. The van der Waals surface area contributed by atoms with Gasteiger partial charge in [-0.1, -0.05) is 68.7 Å². The molecule has 7 heteroatoms. The molecule has 0 bridgehead atoms. The zero-order valence-electron chi connectivity index (χ0n) is 20.9. The largest absolute Gasteiger partial charge is 0.352 e. The summed E-state index contributed by atoms with van der Waals surface area (Å²) in [5, 5.41) is 3.18. The first-order chi connectivity index (χ1) is 17.5. The predicted octanol–water partition coefficient (Wildman–Crippen LogP) is 4.32. The Morgan fingerprint density at radius 2 is 1.56 bits per heavy atom. The SMILES string of the molecule is CC[C@H](C(=O)NC1CCCCC1)N(Cc1ccccc1)C(=O)CCCN1C(=O)c2ccccc2C1=O. The van der Waals surface area contributed by atoms with Crippen molar-refractivity contribution in [3.8, 4) is 0 Å². The number of benzene rings is 2. The van der Waals surface area contributed by atoms with Crippen LogP contribution < -0.4 is 5.32 Å². The smallest absolute Gasteiger partial charge is 0.261 e. The van der Waals surface area contributed by atoms with Gasteiger partial charge in [0.1, 0.15) is 6.04 Å². The molecule has 36 heavy (non-hydrogen) atoms. The van der Waals surface area contributed by atoms with Crippen LogP contribution in [-0.4, -0.2) is 52.1 Å². The van der Waals surface area contributed by atoms with E-state index in [1.165, 1.54) is 11.3 Å². The van der Waals surface area contributed by atoms with Gasteiger partial charge in [0.15, 0.2) is 0 Å². The molecule has 1 saturated carbocycles. The zero-order chi connectivity index (χ0) is 25.5. The second-order valence-corrected chi connectivity index (χ2v) is 9.69. The normalized spacial score (nSPS) is 16.5. The first kappa shape index (κ1) is 25.6. The van der Waals surface area contributed by atoms with E-state index in [4.69, 9.17) is 0 Å². The Labute approximate surface area is 212 Å². The molecule has 0 saturated heterocycles. The lowest BCUT2D eigenvalue weighted by Gasteiger charge is -2.33. The molecule has 7 nitrogen and oxygen atoms in total. The van der Waals surface area contributed by atoms with Gasteiger partial charge in [0.05, 0.1) is 11.1 Å². The van der Waals surface area contributed by atoms with Crippen LogP contribution in [0.2, 0.25) is 0 Å². The molecule has 4 rings (SSSR count). The number of carbonyl (C=O) groups is 4. The van der Waals surface area contributed by atoms with Crippen molar-refractivity contribution in [3.05, 3.63) is 71.3 Å². The number of fused-ring (bicyclic) bond motifs is 1. The fourth-order valence-electron chi connectivity index (χ4n) is 5.22. The molecule has 2 aromatic carbocycles. The molecule has 1 aliphatic heterocycles. The van der Waals surface area contributed by atoms with Crippen LogP contribution in [0.5, 0.6) is 0 Å². The lowest BCUT2D eigenvalue weighted by Crippen LogP contribution is -2.51. The van der Waals surface area contributed by atoms with E-state index in [0.717, 1.165) is 31.2 Å². The summed E-state index contributed by atoms with van der Waals surface area (Å²) in [6.45, 7) is 2.43. The van der Waals surface area contributed by atoms with E-state index < -0.39 is 6.04 Å². The average molecular weight is 490 g/mol. The van der Waals surface area contributed by atoms with Crippen molar-refractivity contribution in [2.75, 3.05) is 6.54 Å². The van der Waals surface area contributed by atoms with Crippen LogP contribution in [0.25, 0.3) is 0 Å². The van der Waals surface area contributed by atoms with Gasteiger partial charge in [-0.25, -0.2) is 0 Å². The van der Waals surface area contributed by atoms with E-state index in [2.05, 4.69) is 5.32 Å². The van der Waals surface area contributed by atoms with Crippen molar-refractivity contribution in [2.45, 2.75) is 76.9 Å². The minimum Gasteiger partial charge on any atom is -0.352 e. The Bertz CT molecular complexity index is 1060. The number of hydrogen-bond acceptors (Lipinski definition) is 4. The monoisotopic (exact) mass is 489 g/mol. The molecular formula is C29H35N3O4. The standard InChI is InChI=1S/C29H35N3O4/c1-2-25(27(34)30-22-14-7-4-8-15-22)32(20-21-12-5-3-6-13-21)26(33)18-11-19-31-28(35)23-16-9-10-17-24(23)29(31)36/h3,5-6,9-10,12-13,16-17,22,25H,2,4,7-8,11,14-15,18-20H2,1H3,(H,30,34)/t25-/m1/s1. The fraction of sp³-hybridized carbons (Fsp3) is 0.448. The molecule has 190 valence electrons. The van der Waals surface area contributed by atoms with Crippen LogP contribution >= 0.6 is 0 Å². The van der Waals surface area contributed by atoms with Crippen LogP contribution in [0, 0.1) is 0 Å². The summed E-state index contributed by atoms with van der Waals surface area (Å²) in [5.74, 6) is -0.889. The topological polar surface area (TPSA) is 86.8 Å². The summed E-state index contributed by atoms with van der Waals surface area (Å²) in [5.41, 5.74) is 1.77. The highest BCUT2D eigenvalue weighted by Gasteiger charge is 2.35. The number of imide groups is 1. The number of hydrogen-bond donors (Lipinski definition) is 1. The Kier molecular flexibility index (Phi) is 8.52. The minimum atomic E-state index is -0.570. The molecule has 2 aliphatic rings. The van der Waals surface area contributed by atoms with Gasteiger partial charge in [-0.15, -0.1) is 0 Å². The average Bonchev–Trinajstić information content (AvgIpc) is 3.14. The second-order valence-electron chi connectivity index (χ2n) is 9.69. The Balaban J connectivity index is 1.42. The molecule has 0 spiro atoms. The van der Waals surface area contributed by atoms with Crippen LogP contribution in [-0.2, 0) is 16.1 Å². The van der Waals surface area contributed by atoms with Crippen molar-refractivity contribution in [1.82, 2.24) is 15.1 Å². The van der Waals surface area contributed by atoms with Gasteiger partial charge in [0.2, 0.25) is 11.8 Å². The van der Waals surface area contributed by atoms with E-state index in [0.29, 0.717) is 30.5 Å². The third-order valence-electron chi connectivity index (χ3n) is 7.18. The first-order valence-electron chi connectivity index (χ1n) is 13.1. The second kappa shape index (κ2) is 12.0. The van der Waals surface area contributed by atoms with Crippen molar-refractivity contribution in [1.29, 1.82) is 0 Å². The van der Waals surface area contributed by atoms with E-state index in [1.54, 1.807) is 29.2 Å². The number of nitrogens with zero attached hydrogens (tertiary/aromatic N) is 2. The van der Waals surface area contributed by atoms with E-state index >= 15 is 0 Å². The van der Waals surface area contributed by atoms with Gasteiger partial charge < -0.3 is 10.2 Å². The van der Waals surface area contributed by atoms with Gasteiger partial charge in [0.25, 0.3) is 11.8 Å².